The van der Waals surface area contributed by atoms with Crippen LogP contribution in [0.15, 0.2) is 42.5 Å². The van der Waals surface area contributed by atoms with Gasteiger partial charge in [-0.05, 0) is 41.6 Å². The number of carbonyl (C=O) groups is 1. The molecule has 0 amide bonds. The summed E-state index contributed by atoms with van der Waals surface area (Å²) >= 11 is 0. The summed E-state index contributed by atoms with van der Waals surface area (Å²) in [7, 11) is 0. The van der Waals surface area contributed by atoms with Gasteiger partial charge in [0.25, 0.3) is 0 Å². The van der Waals surface area contributed by atoms with Gasteiger partial charge in [-0.15, -0.1) is 0 Å². The van der Waals surface area contributed by atoms with E-state index in [4.69, 9.17) is 5.73 Å². The highest BCUT2D eigenvalue weighted by Crippen LogP contribution is 2.31. The van der Waals surface area contributed by atoms with Crippen LogP contribution in [-0.4, -0.2) is 12.3 Å². The van der Waals surface area contributed by atoms with E-state index in [0.717, 1.165) is 18.4 Å². The Labute approximate surface area is 126 Å². The van der Waals surface area contributed by atoms with Gasteiger partial charge in [-0.2, -0.15) is 0 Å². The van der Waals surface area contributed by atoms with Crippen LogP contribution in [0.3, 0.4) is 0 Å². The molecule has 3 rings (SSSR count). The van der Waals surface area contributed by atoms with Crippen LogP contribution in [0.4, 0.5) is 0 Å². The molecule has 0 spiro atoms. The lowest BCUT2D eigenvalue weighted by Gasteiger charge is -2.29. The molecule has 0 bridgehead atoms. The predicted molar refractivity (Wildman–Crippen MR) is 87.2 cm³/mol. The Morgan fingerprint density at radius 2 is 1.81 bits per heavy atom. The standard InChI is InChI=1S/C19H23NO/c20-13-16-7-2-4-11-18(16)19(21)12-15-9-5-8-14-6-1-3-10-17(14)15/h1,3,5-6,8-10,16,18H,2,4,7,11-13,20H2. The van der Waals surface area contributed by atoms with Gasteiger partial charge in [0.2, 0.25) is 0 Å². The summed E-state index contributed by atoms with van der Waals surface area (Å²) in [5.41, 5.74) is 7.02. The van der Waals surface area contributed by atoms with Crippen LogP contribution in [0.2, 0.25) is 0 Å². The summed E-state index contributed by atoms with van der Waals surface area (Å²) in [6.07, 6.45) is 5.07. The highest BCUT2D eigenvalue weighted by atomic mass is 16.1. The smallest absolute Gasteiger partial charge is 0.140 e. The fourth-order valence-corrected chi connectivity index (χ4v) is 3.68. The van der Waals surface area contributed by atoms with Crippen LogP contribution >= 0.6 is 0 Å². The molecule has 1 aliphatic carbocycles. The van der Waals surface area contributed by atoms with E-state index in [1.807, 2.05) is 18.2 Å². The first kappa shape index (κ1) is 14.3. The third kappa shape index (κ3) is 3.01. The number of nitrogens with two attached hydrogens (primary N) is 1. The molecule has 2 nitrogen and oxygen atoms in total. The number of benzene rings is 2. The third-order valence-corrected chi connectivity index (χ3v) is 4.87. The van der Waals surface area contributed by atoms with Crippen molar-refractivity contribution in [2.45, 2.75) is 32.1 Å². The van der Waals surface area contributed by atoms with E-state index in [-0.39, 0.29) is 5.92 Å². The highest BCUT2D eigenvalue weighted by molar-refractivity contribution is 5.91. The van der Waals surface area contributed by atoms with Crippen LogP contribution in [0.1, 0.15) is 31.2 Å². The first-order valence-electron chi connectivity index (χ1n) is 7.99. The number of hydrogen-bond donors (Lipinski definition) is 1. The molecule has 1 aliphatic rings. The maximum Gasteiger partial charge on any atom is 0.140 e. The molecule has 2 atom stereocenters. The van der Waals surface area contributed by atoms with E-state index < -0.39 is 0 Å². The second-order valence-corrected chi connectivity index (χ2v) is 6.17. The Hall–Kier alpha value is -1.67. The van der Waals surface area contributed by atoms with E-state index in [9.17, 15) is 4.79 Å². The van der Waals surface area contributed by atoms with Gasteiger partial charge in [-0.1, -0.05) is 55.3 Å². The Bertz CT molecular complexity index is 629. The lowest BCUT2D eigenvalue weighted by molar-refractivity contribution is -0.124. The molecule has 1 saturated carbocycles. The third-order valence-electron chi connectivity index (χ3n) is 4.87. The first-order valence-corrected chi connectivity index (χ1v) is 7.99. The average molecular weight is 281 g/mol. The second kappa shape index (κ2) is 6.40. The zero-order chi connectivity index (χ0) is 14.7. The summed E-state index contributed by atoms with van der Waals surface area (Å²) in [6.45, 7) is 0.645. The van der Waals surface area contributed by atoms with Crippen LogP contribution in [0, 0.1) is 11.8 Å². The topological polar surface area (TPSA) is 43.1 Å². The first-order chi connectivity index (χ1) is 10.3. The molecule has 0 aromatic heterocycles. The number of rotatable bonds is 4. The van der Waals surface area contributed by atoms with E-state index in [2.05, 4.69) is 24.3 Å². The molecule has 2 heteroatoms. The molecule has 2 aromatic rings. The quantitative estimate of drug-likeness (QED) is 0.928. The molecule has 0 aliphatic heterocycles. The van der Waals surface area contributed by atoms with Crippen molar-refractivity contribution in [2.75, 3.05) is 6.54 Å². The lowest BCUT2D eigenvalue weighted by Crippen LogP contribution is -2.33. The number of Topliss-reactive ketones (excluding diaryl/α,β-unsaturated/α-hetero) is 1. The summed E-state index contributed by atoms with van der Waals surface area (Å²) in [6, 6.07) is 14.5. The lowest BCUT2D eigenvalue weighted by atomic mass is 9.75. The highest BCUT2D eigenvalue weighted by Gasteiger charge is 2.29. The van der Waals surface area contributed by atoms with Crippen molar-refractivity contribution in [1.82, 2.24) is 0 Å². The molecular formula is C19H23NO. The van der Waals surface area contributed by atoms with E-state index >= 15 is 0 Å². The number of hydrogen-bond acceptors (Lipinski definition) is 2. The van der Waals surface area contributed by atoms with Crippen molar-refractivity contribution >= 4 is 16.6 Å². The normalized spacial score (nSPS) is 22.3. The molecule has 21 heavy (non-hydrogen) atoms. The van der Waals surface area contributed by atoms with Crippen LogP contribution in [-0.2, 0) is 11.2 Å². The minimum absolute atomic E-state index is 0.169. The molecule has 0 radical (unpaired) electrons. The molecule has 2 N–H and O–H groups in total. The van der Waals surface area contributed by atoms with Crippen molar-refractivity contribution in [2.24, 2.45) is 17.6 Å². The molecule has 0 heterocycles. The number of carbonyl (C=O) groups excluding carboxylic acids is 1. The predicted octanol–water partition coefficient (Wildman–Crippen LogP) is 3.72. The van der Waals surface area contributed by atoms with Crippen LogP contribution in [0.5, 0.6) is 0 Å². The summed E-state index contributed by atoms with van der Waals surface area (Å²) in [5.74, 6) is 0.936. The largest absolute Gasteiger partial charge is 0.330 e. The van der Waals surface area contributed by atoms with Gasteiger partial charge in [0.1, 0.15) is 5.78 Å². The van der Waals surface area contributed by atoms with Gasteiger partial charge in [-0.25, -0.2) is 0 Å². The molecule has 2 unspecified atom stereocenters. The monoisotopic (exact) mass is 281 g/mol. The second-order valence-electron chi connectivity index (χ2n) is 6.17. The zero-order valence-electron chi connectivity index (χ0n) is 12.4. The van der Waals surface area contributed by atoms with Crippen molar-refractivity contribution in [3.8, 4) is 0 Å². The van der Waals surface area contributed by atoms with Crippen molar-refractivity contribution < 1.29 is 4.79 Å². The Morgan fingerprint density at radius 3 is 2.67 bits per heavy atom. The summed E-state index contributed by atoms with van der Waals surface area (Å²) in [4.78, 5) is 12.7. The van der Waals surface area contributed by atoms with Gasteiger partial charge < -0.3 is 5.73 Å². The van der Waals surface area contributed by atoms with Crippen molar-refractivity contribution in [1.29, 1.82) is 0 Å². The number of fused-ring (bicyclic) bond motifs is 1. The Morgan fingerprint density at radius 1 is 1.05 bits per heavy atom. The maximum atomic E-state index is 12.7. The molecular weight excluding hydrogens is 258 g/mol. The van der Waals surface area contributed by atoms with Gasteiger partial charge in [0, 0.05) is 12.3 Å². The van der Waals surface area contributed by atoms with E-state index in [1.54, 1.807) is 0 Å². The summed E-state index contributed by atoms with van der Waals surface area (Å²) < 4.78 is 0. The Kier molecular flexibility index (Phi) is 4.35. The van der Waals surface area contributed by atoms with Gasteiger partial charge in [-0.3, -0.25) is 4.79 Å². The average Bonchev–Trinajstić information content (AvgIpc) is 2.55. The van der Waals surface area contributed by atoms with Gasteiger partial charge in [0.05, 0.1) is 0 Å². The molecule has 110 valence electrons. The minimum atomic E-state index is 0.169. The van der Waals surface area contributed by atoms with E-state index in [1.165, 1.54) is 23.6 Å². The van der Waals surface area contributed by atoms with Crippen molar-refractivity contribution in [3.63, 3.8) is 0 Å². The van der Waals surface area contributed by atoms with Crippen LogP contribution < -0.4 is 5.73 Å². The molecule has 0 saturated heterocycles. The minimum Gasteiger partial charge on any atom is -0.330 e. The SMILES string of the molecule is NCC1CCCCC1C(=O)Cc1cccc2ccccc12. The van der Waals surface area contributed by atoms with Gasteiger partial charge in [0.15, 0.2) is 0 Å². The zero-order valence-corrected chi connectivity index (χ0v) is 12.4. The Balaban J connectivity index is 1.83. The maximum absolute atomic E-state index is 12.7. The number of ketones is 1. The fraction of sp³-hybridized carbons (Fsp3) is 0.421. The van der Waals surface area contributed by atoms with E-state index in [0.29, 0.717) is 24.7 Å². The molecule has 1 fully saturated rings. The van der Waals surface area contributed by atoms with Gasteiger partial charge >= 0.3 is 0 Å². The molecule has 2 aromatic carbocycles. The van der Waals surface area contributed by atoms with Crippen LogP contribution in [0.25, 0.3) is 10.8 Å². The fourth-order valence-electron chi connectivity index (χ4n) is 3.68. The van der Waals surface area contributed by atoms with Crippen molar-refractivity contribution in [3.05, 3.63) is 48.0 Å². The summed E-state index contributed by atoms with van der Waals surface area (Å²) in [5, 5.41) is 2.41.